The van der Waals surface area contributed by atoms with Crippen LogP contribution < -0.4 is 0 Å². The molecule has 2 aromatic rings. The number of hydrogen-bond acceptors (Lipinski definition) is 5. The molecular weight excluding hydrogens is 414 g/mol. The lowest BCUT2D eigenvalue weighted by Gasteiger charge is -2.19. The summed E-state index contributed by atoms with van der Waals surface area (Å²) in [6.07, 6.45) is 5.04. The van der Waals surface area contributed by atoms with Crippen LogP contribution in [0.2, 0.25) is 0 Å². The topological polar surface area (TPSA) is 97.5 Å². The van der Waals surface area contributed by atoms with E-state index >= 15 is 0 Å². The lowest BCUT2D eigenvalue weighted by molar-refractivity contribution is -0.130. The maximum absolute atomic E-state index is 13.2. The van der Waals surface area contributed by atoms with Crippen LogP contribution in [0.25, 0.3) is 5.69 Å². The minimum Gasteiger partial charge on any atom is -0.341 e. The average molecular weight is 444 g/mol. The molecule has 1 saturated heterocycles. The van der Waals surface area contributed by atoms with Gasteiger partial charge < -0.3 is 4.90 Å². The van der Waals surface area contributed by atoms with Crippen LogP contribution >= 0.6 is 0 Å². The zero-order valence-corrected chi connectivity index (χ0v) is 18.7. The lowest BCUT2D eigenvalue weighted by atomic mass is 10.1. The molecule has 1 aromatic heterocycles. The van der Waals surface area contributed by atoms with Crippen LogP contribution in [0.4, 0.5) is 0 Å². The summed E-state index contributed by atoms with van der Waals surface area (Å²) in [5.74, 6) is 0.801. The summed E-state index contributed by atoms with van der Waals surface area (Å²) in [6.45, 7) is 3.01. The molecule has 0 spiro atoms. The summed E-state index contributed by atoms with van der Waals surface area (Å²) >= 11 is 0. The highest BCUT2D eigenvalue weighted by Crippen LogP contribution is 2.31. The highest BCUT2D eigenvalue weighted by atomic mass is 32.2. The first-order chi connectivity index (χ1) is 14.9. The molecule has 2 amide bonds. The third kappa shape index (κ3) is 5.39. The van der Waals surface area contributed by atoms with E-state index in [2.05, 4.69) is 21.5 Å². The van der Waals surface area contributed by atoms with Crippen LogP contribution in [0.5, 0.6) is 0 Å². The van der Waals surface area contributed by atoms with Gasteiger partial charge in [-0.05, 0) is 43.7 Å². The Labute approximate surface area is 183 Å². The quantitative estimate of drug-likeness (QED) is 0.723. The Kier molecular flexibility index (Phi) is 6.50. The van der Waals surface area contributed by atoms with E-state index < -0.39 is 9.73 Å². The normalized spacial score (nSPS) is 26.4. The minimum atomic E-state index is -2.60. The molecule has 2 heterocycles. The summed E-state index contributed by atoms with van der Waals surface area (Å²) in [5, 5.41) is 8.63. The first-order valence-corrected chi connectivity index (χ1v) is 12.8. The maximum atomic E-state index is 13.2. The molecule has 1 saturated carbocycles. The molecule has 0 N–H and O–H groups in total. The fourth-order valence-electron chi connectivity index (χ4n) is 4.29. The third-order valence-corrected chi connectivity index (χ3v) is 8.34. The van der Waals surface area contributed by atoms with E-state index in [9.17, 15) is 13.8 Å². The summed E-state index contributed by atoms with van der Waals surface area (Å²) in [7, 11) is -2.60. The van der Waals surface area contributed by atoms with Crippen molar-refractivity contribution in [2.24, 2.45) is 16.2 Å². The molecule has 3 unspecified atom stereocenters. The van der Waals surface area contributed by atoms with E-state index in [4.69, 9.17) is 0 Å². The Morgan fingerprint density at radius 2 is 1.97 bits per heavy atom. The molecule has 1 aliphatic heterocycles. The molecular formula is C22H29N5O3S. The van der Waals surface area contributed by atoms with E-state index in [0.717, 1.165) is 24.9 Å². The molecule has 0 radical (unpaired) electrons. The first-order valence-electron chi connectivity index (χ1n) is 10.9. The zero-order chi connectivity index (χ0) is 21.8. The van der Waals surface area contributed by atoms with Gasteiger partial charge in [0.2, 0.25) is 5.91 Å². The third-order valence-electron chi connectivity index (χ3n) is 6.08. The largest absolute Gasteiger partial charge is 0.341 e. The minimum absolute atomic E-state index is 0.0697. The van der Waals surface area contributed by atoms with Gasteiger partial charge in [-0.3, -0.25) is 9.59 Å². The molecule has 3 atom stereocenters. The Morgan fingerprint density at radius 3 is 2.71 bits per heavy atom. The lowest BCUT2D eigenvalue weighted by Crippen LogP contribution is -2.34. The summed E-state index contributed by atoms with van der Waals surface area (Å²) in [6, 6.07) is 9.52. The number of aromatic nitrogens is 3. The predicted molar refractivity (Wildman–Crippen MR) is 118 cm³/mol. The predicted octanol–water partition coefficient (Wildman–Crippen LogP) is 2.47. The Hall–Kier alpha value is -2.55. The monoisotopic (exact) mass is 443 g/mol. The Balaban J connectivity index is 1.37. The van der Waals surface area contributed by atoms with Crippen molar-refractivity contribution in [1.29, 1.82) is 0 Å². The fraction of sp³-hybridized carbons (Fsp3) is 0.545. The second-order valence-electron chi connectivity index (χ2n) is 8.60. The maximum Gasteiger partial charge on any atom is 0.256 e. The van der Waals surface area contributed by atoms with Crippen molar-refractivity contribution in [3.8, 4) is 5.69 Å². The highest BCUT2D eigenvalue weighted by molar-refractivity contribution is 7.93. The second-order valence-corrected chi connectivity index (χ2v) is 11.1. The molecule has 1 aromatic carbocycles. The van der Waals surface area contributed by atoms with Gasteiger partial charge in [-0.1, -0.05) is 25.1 Å². The van der Waals surface area contributed by atoms with E-state index in [1.807, 2.05) is 30.3 Å². The van der Waals surface area contributed by atoms with Gasteiger partial charge in [0.1, 0.15) is 0 Å². The van der Waals surface area contributed by atoms with Crippen LogP contribution in [0, 0.1) is 11.8 Å². The van der Waals surface area contributed by atoms with Gasteiger partial charge in [0, 0.05) is 30.5 Å². The number of hydrogen-bond donors (Lipinski definition) is 0. The Bertz CT molecular complexity index is 1060. The van der Waals surface area contributed by atoms with Crippen molar-refractivity contribution in [3.63, 3.8) is 0 Å². The fourth-order valence-corrected chi connectivity index (χ4v) is 6.24. The molecule has 2 fully saturated rings. The van der Waals surface area contributed by atoms with Gasteiger partial charge in [0.15, 0.2) is 0 Å². The number of carbonyl (C=O) groups excluding carboxylic acids is 2. The molecule has 4 rings (SSSR count). The number of amides is 2. The van der Waals surface area contributed by atoms with Crippen LogP contribution in [-0.2, 0) is 25.7 Å². The van der Waals surface area contributed by atoms with Gasteiger partial charge >= 0.3 is 0 Å². The summed E-state index contributed by atoms with van der Waals surface area (Å²) in [5.41, 5.74) is 1.42. The number of carbonyl (C=O) groups is 2. The highest BCUT2D eigenvalue weighted by Gasteiger charge is 2.29. The van der Waals surface area contributed by atoms with Gasteiger partial charge in [0.05, 0.1) is 33.7 Å². The number of benzene rings is 1. The van der Waals surface area contributed by atoms with Crippen LogP contribution in [0.15, 0.2) is 40.9 Å². The van der Waals surface area contributed by atoms with E-state index in [0.29, 0.717) is 36.9 Å². The van der Waals surface area contributed by atoms with Crippen molar-refractivity contribution >= 4 is 21.5 Å². The smallest absolute Gasteiger partial charge is 0.256 e. The first kappa shape index (κ1) is 21.7. The number of para-hydroxylation sites is 1. The standard InChI is InChI=1S/C22H29N5O3S/c1-17-8-9-18(14-17)22(29)25-31(30)12-5-10-26(11-13-31)21(28)15-19-16-23-27(24-19)20-6-3-2-4-7-20/h2-4,6-7,16-18H,5,8-15H2,1H3. The van der Waals surface area contributed by atoms with Crippen LogP contribution in [0.3, 0.4) is 0 Å². The number of nitrogens with zero attached hydrogens (tertiary/aromatic N) is 5. The molecule has 1 aliphatic carbocycles. The van der Waals surface area contributed by atoms with Gasteiger partial charge in [0.25, 0.3) is 5.91 Å². The summed E-state index contributed by atoms with van der Waals surface area (Å²) in [4.78, 5) is 28.5. The van der Waals surface area contributed by atoms with Crippen molar-refractivity contribution in [1.82, 2.24) is 19.9 Å². The molecule has 0 bridgehead atoms. The van der Waals surface area contributed by atoms with E-state index in [-0.39, 0.29) is 29.9 Å². The van der Waals surface area contributed by atoms with Crippen molar-refractivity contribution in [3.05, 3.63) is 42.2 Å². The SMILES string of the molecule is CC1CCC(C(=O)N=S2(=O)CCCN(C(=O)Cc3cnn(-c4ccccc4)n3)CC2)C1. The molecule has 9 heteroatoms. The van der Waals surface area contributed by atoms with Gasteiger partial charge in [-0.25, -0.2) is 4.21 Å². The Morgan fingerprint density at radius 1 is 1.16 bits per heavy atom. The van der Waals surface area contributed by atoms with Gasteiger partial charge in [-0.15, -0.1) is 0 Å². The number of rotatable bonds is 4. The van der Waals surface area contributed by atoms with Crippen molar-refractivity contribution < 1.29 is 13.8 Å². The van der Waals surface area contributed by atoms with Gasteiger partial charge in [-0.2, -0.15) is 19.4 Å². The van der Waals surface area contributed by atoms with Crippen molar-refractivity contribution in [2.45, 2.75) is 39.0 Å². The molecule has 31 heavy (non-hydrogen) atoms. The van der Waals surface area contributed by atoms with Crippen LogP contribution in [-0.4, -0.2) is 60.5 Å². The van der Waals surface area contributed by atoms with E-state index in [1.165, 1.54) is 4.80 Å². The molecule has 8 nitrogen and oxygen atoms in total. The zero-order valence-electron chi connectivity index (χ0n) is 17.9. The molecule has 2 aliphatic rings. The second kappa shape index (κ2) is 9.30. The van der Waals surface area contributed by atoms with Crippen molar-refractivity contribution in [2.75, 3.05) is 24.6 Å². The molecule has 166 valence electrons. The summed E-state index contributed by atoms with van der Waals surface area (Å²) < 4.78 is 17.4. The average Bonchev–Trinajstić information content (AvgIpc) is 3.35. The van der Waals surface area contributed by atoms with E-state index in [1.54, 1.807) is 11.1 Å². The van der Waals surface area contributed by atoms with Crippen LogP contribution in [0.1, 0.15) is 38.3 Å².